The molecule has 1 aromatic heterocycles. The first-order valence-corrected chi connectivity index (χ1v) is 15.6. The molecule has 6 rings (SSSR count). The summed E-state index contributed by atoms with van der Waals surface area (Å²) in [6.07, 6.45) is 7.87. The first-order chi connectivity index (χ1) is 22.3. The van der Waals surface area contributed by atoms with Crippen molar-refractivity contribution in [2.24, 2.45) is 5.92 Å². The highest BCUT2D eigenvalue weighted by Gasteiger charge is 2.52. The van der Waals surface area contributed by atoms with Gasteiger partial charge in [-0.2, -0.15) is 0 Å². The summed E-state index contributed by atoms with van der Waals surface area (Å²) in [6, 6.07) is 16.8. The molecule has 0 saturated carbocycles. The van der Waals surface area contributed by atoms with E-state index in [0.717, 1.165) is 16.5 Å². The largest absolute Gasteiger partial charge is 0.469 e. The molecule has 11 nitrogen and oxygen atoms in total. The number of rotatable bonds is 13. The molecule has 0 fully saturated rings. The molecule has 3 aromatic carbocycles. The Kier molecular flexibility index (Phi) is 8.70. The molecule has 46 heavy (non-hydrogen) atoms. The number of ether oxygens (including phenoxy) is 1. The summed E-state index contributed by atoms with van der Waals surface area (Å²) >= 11 is 0. The van der Waals surface area contributed by atoms with Crippen molar-refractivity contribution in [3.05, 3.63) is 89.8 Å². The van der Waals surface area contributed by atoms with E-state index >= 15 is 0 Å². The molecule has 3 heterocycles. The minimum Gasteiger partial charge on any atom is -0.469 e. The van der Waals surface area contributed by atoms with E-state index in [1.807, 2.05) is 54.6 Å². The van der Waals surface area contributed by atoms with Crippen LogP contribution in [0.25, 0.3) is 10.8 Å². The summed E-state index contributed by atoms with van der Waals surface area (Å²) in [5.74, 6) is -1.53. The van der Waals surface area contributed by atoms with E-state index in [2.05, 4.69) is 10.3 Å². The highest BCUT2D eigenvalue weighted by molar-refractivity contribution is 6.28. The molecule has 2 aliphatic rings. The van der Waals surface area contributed by atoms with Crippen LogP contribution in [-0.4, -0.2) is 63.3 Å². The lowest BCUT2D eigenvalue weighted by Crippen LogP contribution is -2.44. The van der Waals surface area contributed by atoms with Gasteiger partial charge < -0.3 is 19.8 Å². The minimum atomic E-state index is -1.88. The number of carbonyl (C=O) groups is 3. The molecule has 0 saturated heterocycles. The topological polar surface area (TPSA) is 138 Å². The molecular formula is C35H37N5O6. The predicted octanol–water partition coefficient (Wildman–Crippen LogP) is 4.42. The van der Waals surface area contributed by atoms with Crippen LogP contribution >= 0.6 is 0 Å². The van der Waals surface area contributed by atoms with E-state index in [-0.39, 0.29) is 24.9 Å². The van der Waals surface area contributed by atoms with E-state index < -0.39 is 17.4 Å². The van der Waals surface area contributed by atoms with Gasteiger partial charge in [-0.05, 0) is 55.0 Å². The minimum absolute atomic E-state index is 0.00273. The molecular weight excluding hydrogens is 586 g/mol. The van der Waals surface area contributed by atoms with Gasteiger partial charge in [-0.15, -0.1) is 5.10 Å². The summed E-state index contributed by atoms with van der Waals surface area (Å²) in [4.78, 5) is 42.7. The smallest absolute Gasteiger partial charge is 0.305 e. The van der Waals surface area contributed by atoms with Crippen LogP contribution in [-0.2, 0) is 32.9 Å². The number of carbonyl (C=O) groups excluding carboxylic acids is 3. The Morgan fingerprint density at radius 3 is 2.65 bits per heavy atom. The van der Waals surface area contributed by atoms with Gasteiger partial charge in [0.25, 0.3) is 11.8 Å². The van der Waals surface area contributed by atoms with Gasteiger partial charge in [-0.3, -0.25) is 24.0 Å². The van der Waals surface area contributed by atoms with Crippen molar-refractivity contribution >= 4 is 45.6 Å². The van der Waals surface area contributed by atoms with Crippen LogP contribution in [0.4, 0.5) is 17.1 Å². The number of hydrogen-bond acceptors (Lipinski definition) is 8. The quantitative estimate of drug-likeness (QED) is 0.127. The maximum Gasteiger partial charge on any atom is 0.305 e. The number of methoxy groups -OCH3 is 1. The Balaban J connectivity index is 1.30. The fourth-order valence-corrected chi connectivity index (χ4v) is 6.43. The highest BCUT2D eigenvalue weighted by Crippen LogP contribution is 2.49. The highest BCUT2D eigenvalue weighted by atomic mass is 16.5. The van der Waals surface area contributed by atoms with Crippen LogP contribution in [0.1, 0.15) is 54.2 Å². The second kappa shape index (κ2) is 12.9. The zero-order chi connectivity index (χ0) is 32.4. The van der Waals surface area contributed by atoms with E-state index in [9.17, 15) is 19.5 Å². The molecule has 238 valence electrons. The number of aromatic nitrogens is 3. The van der Waals surface area contributed by atoms with Crippen LogP contribution in [0, 0.1) is 5.92 Å². The first kappa shape index (κ1) is 31.1. The summed E-state index contributed by atoms with van der Waals surface area (Å²) in [5, 5.41) is 31.4. The van der Waals surface area contributed by atoms with Crippen molar-refractivity contribution < 1.29 is 29.3 Å². The Bertz CT molecular complexity index is 1830. The van der Waals surface area contributed by atoms with E-state index in [0.29, 0.717) is 67.0 Å². The fraction of sp³-hybridized carbons (Fsp3) is 0.343. The summed E-state index contributed by atoms with van der Waals surface area (Å²) < 4.78 is 6.44. The third kappa shape index (κ3) is 5.45. The molecule has 11 heteroatoms. The van der Waals surface area contributed by atoms with Crippen LogP contribution in [0.3, 0.4) is 0 Å². The Morgan fingerprint density at radius 2 is 1.87 bits per heavy atom. The Labute approximate surface area is 266 Å². The van der Waals surface area contributed by atoms with E-state index in [1.165, 1.54) is 7.11 Å². The number of fused-ring (bicyclic) bond motifs is 1. The molecule has 2 amide bonds. The SMILES string of the molecule is COC(=O)CCCCN1C(=O)[C@@](O)([C@@H](C)/C=C/CCn2cc(CCO)nn2)c2cc(N3C(=O)c4cccc5cccc3c45)ccc21. The predicted molar refractivity (Wildman–Crippen MR) is 173 cm³/mol. The number of benzene rings is 3. The lowest BCUT2D eigenvalue weighted by atomic mass is 9.82. The molecule has 0 spiro atoms. The zero-order valence-electron chi connectivity index (χ0n) is 25.9. The maximum absolute atomic E-state index is 14.1. The van der Waals surface area contributed by atoms with Crippen molar-refractivity contribution in [3.8, 4) is 0 Å². The summed E-state index contributed by atoms with van der Waals surface area (Å²) in [5.41, 5.74) is 1.77. The van der Waals surface area contributed by atoms with Gasteiger partial charge in [0.1, 0.15) is 0 Å². The molecule has 4 aromatic rings. The summed E-state index contributed by atoms with van der Waals surface area (Å²) in [6.45, 7) is 2.67. The molecule has 0 bridgehead atoms. The van der Waals surface area contributed by atoms with Gasteiger partial charge in [0.2, 0.25) is 0 Å². The second-order valence-corrected chi connectivity index (χ2v) is 11.7. The molecule has 0 aliphatic carbocycles. The number of anilines is 3. The van der Waals surface area contributed by atoms with Crippen molar-refractivity contribution in [1.82, 2.24) is 15.0 Å². The third-order valence-corrected chi connectivity index (χ3v) is 8.87. The van der Waals surface area contributed by atoms with Crippen molar-refractivity contribution in [3.63, 3.8) is 0 Å². The lowest BCUT2D eigenvalue weighted by Gasteiger charge is -2.28. The first-order valence-electron chi connectivity index (χ1n) is 15.6. The maximum atomic E-state index is 14.1. The molecule has 0 radical (unpaired) electrons. The molecule has 2 aliphatic heterocycles. The number of aliphatic hydroxyl groups excluding tert-OH is 1. The number of esters is 1. The third-order valence-electron chi connectivity index (χ3n) is 8.87. The van der Waals surface area contributed by atoms with Gasteiger partial charge in [0, 0.05) is 61.3 Å². The molecule has 2 atom stereocenters. The van der Waals surface area contributed by atoms with E-state index in [1.54, 1.807) is 39.7 Å². The van der Waals surface area contributed by atoms with Crippen molar-refractivity contribution in [1.29, 1.82) is 0 Å². The summed E-state index contributed by atoms with van der Waals surface area (Å²) in [7, 11) is 1.35. The van der Waals surface area contributed by atoms with Crippen molar-refractivity contribution in [2.45, 2.75) is 51.2 Å². The number of unbranched alkanes of at least 4 members (excludes halogenated alkanes) is 1. The zero-order valence-corrected chi connectivity index (χ0v) is 25.9. The number of hydrogen-bond donors (Lipinski definition) is 2. The number of allylic oxidation sites excluding steroid dienone is 1. The van der Waals surface area contributed by atoms with Crippen LogP contribution in [0.5, 0.6) is 0 Å². The Hall–Kier alpha value is -4.87. The lowest BCUT2D eigenvalue weighted by molar-refractivity contribution is -0.140. The van der Waals surface area contributed by atoms with Gasteiger partial charge >= 0.3 is 5.97 Å². The fourth-order valence-electron chi connectivity index (χ4n) is 6.43. The Morgan fingerprint density at radius 1 is 1.07 bits per heavy atom. The number of nitrogens with zero attached hydrogens (tertiary/aromatic N) is 5. The van der Waals surface area contributed by atoms with Crippen molar-refractivity contribution in [2.75, 3.05) is 30.1 Å². The van der Waals surface area contributed by atoms with Gasteiger partial charge in [0.05, 0.1) is 29.7 Å². The number of aliphatic hydroxyl groups is 2. The van der Waals surface area contributed by atoms with Crippen LogP contribution in [0.2, 0.25) is 0 Å². The standard InChI is InChI=1S/C35H37N5O6/c1-23(9-3-5-18-38-22-25(17-20-41)36-37-38)35(45)28-21-26(15-16-29(28)39(34(35)44)19-6-4-14-31(42)46-2)40-30-13-8-11-24-10-7-12-27(32(24)30)33(40)43/h3,7-13,15-16,21-23,41,45H,4-6,14,17-20H2,1-2H3/b9-3+/t23-,35+/m0/s1. The van der Waals surface area contributed by atoms with Gasteiger partial charge in [-0.1, -0.05) is 48.6 Å². The molecule has 2 N–H and O–H groups in total. The monoisotopic (exact) mass is 623 g/mol. The average Bonchev–Trinajstić information content (AvgIpc) is 3.70. The van der Waals surface area contributed by atoms with Gasteiger partial charge in [-0.25, -0.2) is 0 Å². The number of amides is 2. The second-order valence-electron chi connectivity index (χ2n) is 11.7. The normalized spacial score (nSPS) is 17.8. The van der Waals surface area contributed by atoms with Crippen LogP contribution < -0.4 is 9.80 Å². The number of aryl methyl sites for hydroxylation is 1. The average molecular weight is 624 g/mol. The van der Waals surface area contributed by atoms with Gasteiger partial charge in [0.15, 0.2) is 5.60 Å². The van der Waals surface area contributed by atoms with E-state index in [4.69, 9.17) is 9.84 Å². The van der Waals surface area contributed by atoms with Crippen LogP contribution in [0.15, 0.2) is 72.9 Å². The molecule has 0 unspecified atom stereocenters.